The highest BCUT2D eigenvalue weighted by Gasteiger charge is 2.37. The molecule has 3 rings (SSSR count). The number of amides is 1. The SMILES string of the molecule is CC(c1ccccc1)N(C)C(=O)CN1CC2CNCC2C1. The van der Waals surface area contributed by atoms with Gasteiger partial charge in [-0.2, -0.15) is 0 Å². The molecule has 0 radical (unpaired) electrons. The molecule has 1 aromatic carbocycles. The van der Waals surface area contributed by atoms with Gasteiger partial charge in [-0.15, -0.1) is 0 Å². The lowest BCUT2D eigenvalue weighted by Crippen LogP contribution is -2.39. The van der Waals surface area contributed by atoms with Gasteiger partial charge in [-0.3, -0.25) is 9.69 Å². The minimum atomic E-state index is 0.127. The number of hydrogen-bond donors (Lipinski definition) is 1. The van der Waals surface area contributed by atoms with E-state index in [2.05, 4.69) is 29.3 Å². The molecular formula is C17H25N3O. The minimum absolute atomic E-state index is 0.127. The molecule has 21 heavy (non-hydrogen) atoms. The van der Waals surface area contributed by atoms with E-state index in [0.29, 0.717) is 6.54 Å². The first-order valence-corrected chi connectivity index (χ1v) is 7.89. The van der Waals surface area contributed by atoms with Gasteiger partial charge in [0.15, 0.2) is 0 Å². The van der Waals surface area contributed by atoms with Crippen molar-refractivity contribution in [3.8, 4) is 0 Å². The second-order valence-corrected chi connectivity index (χ2v) is 6.46. The second kappa shape index (κ2) is 6.16. The number of nitrogens with zero attached hydrogens (tertiary/aromatic N) is 2. The zero-order chi connectivity index (χ0) is 14.8. The van der Waals surface area contributed by atoms with E-state index in [1.54, 1.807) is 0 Å². The largest absolute Gasteiger partial charge is 0.338 e. The topological polar surface area (TPSA) is 35.6 Å². The predicted molar refractivity (Wildman–Crippen MR) is 83.9 cm³/mol. The number of rotatable bonds is 4. The van der Waals surface area contributed by atoms with E-state index < -0.39 is 0 Å². The lowest BCUT2D eigenvalue weighted by molar-refractivity contribution is -0.132. The number of nitrogens with one attached hydrogen (secondary N) is 1. The number of fused-ring (bicyclic) bond motifs is 1. The van der Waals surface area contributed by atoms with E-state index in [1.165, 1.54) is 5.56 Å². The van der Waals surface area contributed by atoms with Gasteiger partial charge in [0.1, 0.15) is 0 Å². The molecule has 1 aromatic rings. The summed E-state index contributed by atoms with van der Waals surface area (Å²) in [4.78, 5) is 16.7. The van der Waals surface area contributed by atoms with Crippen molar-refractivity contribution in [1.29, 1.82) is 0 Å². The molecular weight excluding hydrogens is 262 g/mol. The molecule has 2 fully saturated rings. The predicted octanol–water partition coefficient (Wildman–Crippen LogP) is 1.36. The number of hydrogen-bond acceptors (Lipinski definition) is 3. The van der Waals surface area contributed by atoms with Crippen LogP contribution in [0.1, 0.15) is 18.5 Å². The van der Waals surface area contributed by atoms with Crippen molar-refractivity contribution in [3.63, 3.8) is 0 Å². The zero-order valence-electron chi connectivity index (χ0n) is 13.0. The molecule has 3 atom stereocenters. The molecule has 2 heterocycles. The number of benzene rings is 1. The Labute approximate surface area is 127 Å². The minimum Gasteiger partial charge on any atom is -0.338 e. The van der Waals surface area contributed by atoms with E-state index in [4.69, 9.17) is 0 Å². The Hall–Kier alpha value is -1.39. The molecule has 3 unspecified atom stereocenters. The first kappa shape index (κ1) is 14.5. The number of likely N-dealkylation sites (tertiary alicyclic amines) is 1. The summed E-state index contributed by atoms with van der Waals surface area (Å²) in [5.74, 6) is 1.71. The smallest absolute Gasteiger partial charge is 0.236 e. The highest BCUT2D eigenvalue weighted by atomic mass is 16.2. The monoisotopic (exact) mass is 287 g/mol. The molecule has 0 saturated carbocycles. The average molecular weight is 287 g/mol. The third-order valence-corrected chi connectivity index (χ3v) is 5.08. The highest BCUT2D eigenvalue weighted by Crippen LogP contribution is 2.26. The summed E-state index contributed by atoms with van der Waals surface area (Å²) in [6.45, 7) is 7.02. The summed E-state index contributed by atoms with van der Waals surface area (Å²) in [7, 11) is 1.92. The van der Waals surface area contributed by atoms with Crippen molar-refractivity contribution in [2.45, 2.75) is 13.0 Å². The van der Waals surface area contributed by atoms with Crippen LogP contribution in [0.25, 0.3) is 0 Å². The van der Waals surface area contributed by atoms with Gasteiger partial charge < -0.3 is 10.2 Å². The van der Waals surface area contributed by atoms with Gasteiger partial charge >= 0.3 is 0 Å². The van der Waals surface area contributed by atoms with E-state index >= 15 is 0 Å². The Balaban J connectivity index is 1.55. The van der Waals surface area contributed by atoms with Gasteiger partial charge in [-0.1, -0.05) is 30.3 Å². The molecule has 2 saturated heterocycles. The van der Waals surface area contributed by atoms with Crippen LogP contribution in [0.5, 0.6) is 0 Å². The summed E-state index contributed by atoms with van der Waals surface area (Å²) in [6.07, 6.45) is 0. The van der Waals surface area contributed by atoms with Crippen LogP contribution < -0.4 is 5.32 Å². The third-order valence-electron chi connectivity index (χ3n) is 5.08. The van der Waals surface area contributed by atoms with Crippen LogP contribution in [0.2, 0.25) is 0 Å². The van der Waals surface area contributed by atoms with Crippen LogP contribution >= 0.6 is 0 Å². The van der Waals surface area contributed by atoms with E-state index in [-0.39, 0.29) is 11.9 Å². The Morgan fingerprint density at radius 3 is 2.52 bits per heavy atom. The number of likely N-dealkylation sites (N-methyl/N-ethyl adjacent to an activating group) is 1. The van der Waals surface area contributed by atoms with Gasteiger partial charge in [-0.05, 0) is 37.4 Å². The summed E-state index contributed by atoms with van der Waals surface area (Å²) >= 11 is 0. The second-order valence-electron chi connectivity index (χ2n) is 6.46. The van der Waals surface area contributed by atoms with Crippen molar-refractivity contribution in [2.24, 2.45) is 11.8 Å². The van der Waals surface area contributed by atoms with Crippen LogP contribution in [-0.4, -0.2) is 55.5 Å². The van der Waals surface area contributed by atoms with Crippen molar-refractivity contribution >= 4 is 5.91 Å². The van der Waals surface area contributed by atoms with Gasteiger partial charge in [-0.25, -0.2) is 0 Å². The third kappa shape index (κ3) is 3.11. The fourth-order valence-corrected chi connectivity index (χ4v) is 3.56. The average Bonchev–Trinajstić information content (AvgIpc) is 3.07. The molecule has 4 nitrogen and oxygen atoms in total. The van der Waals surface area contributed by atoms with Crippen molar-refractivity contribution in [2.75, 3.05) is 39.8 Å². The number of carbonyl (C=O) groups excluding carboxylic acids is 1. The molecule has 0 bridgehead atoms. The standard InChI is InChI=1S/C17H25N3O/c1-13(14-6-4-3-5-7-14)19(2)17(21)12-20-10-15-8-18-9-16(15)11-20/h3-7,13,15-16,18H,8-12H2,1-2H3. The van der Waals surface area contributed by atoms with E-state index in [9.17, 15) is 4.79 Å². The Kier molecular flexibility index (Phi) is 4.27. The summed E-state index contributed by atoms with van der Waals surface area (Å²) < 4.78 is 0. The molecule has 4 heteroatoms. The van der Waals surface area contributed by atoms with Gasteiger partial charge in [0.25, 0.3) is 0 Å². The summed E-state index contributed by atoms with van der Waals surface area (Å²) in [5, 5.41) is 3.44. The number of carbonyl (C=O) groups is 1. The van der Waals surface area contributed by atoms with Crippen LogP contribution in [0.3, 0.4) is 0 Å². The zero-order valence-corrected chi connectivity index (χ0v) is 13.0. The molecule has 114 valence electrons. The maximum absolute atomic E-state index is 12.5. The fourth-order valence-electron chi connectivity index (χ4n) is 3.56. The molecule has 0 spiro atoms. The van der Waals surface area contributed by atoms with Gasteiger partial charge in [0.2, 0.25) is 5.91 Å². The molecule has 0 aliphatic carbocycles. The summed E-state index contributed by atoms with van der Waals surface area (Å²) in [5.41, 5.74) is 1.19. The maximum Gasteiger partial charge on any atom is 0.236 e. The first-order valence-electron chi connectivity index (χ1n) is 7.89. The molecule has 2 aliphatic heterocycles. The maximum atomic E-state index is 12.5. The Morgan fingerprint density at radius 1 is 1.29 bits per heavy atom. The molecule has 0 aromatic heterocycles. The van der Waals surface area contributed by atoms with Gasteiger partial charge in [0, 0.05) is 20.1 Å². The van der Waals surface area contributed by atoms with Crippen LogP contribution in [0, 0.1) is 11.8 Å². The lowest BCUT2D eigenvalue weighted by atomic mass is 10.0. The van der Waals surface area contributed by atoms with Crippen molar-refractivity contribution in [3.05, 3.63) is 35.9 Å². The van der Waals surface area contributed by atoms with Crippen molar-refractivity contribution in [1.82, 2.24) is 15.1 Å². The Bertz CT molecular complexity index is 478. The highest BCUT2D eigenvalue weighted by molar-refractivity contribution is 5.78. The van der Waals surface area contributed by atoms with Crippen LogP contribution in [-0.2, 0) is 4.79 Å². The quantitative estimate of drug-likeness (QED) is 0.908. The van der Waals surface area contributed by atoms with E-state index in [0.717, 1.165) is 38.0 Å². The lowest BCUT2D eigenvalue weighted by Gasteiger charge is -2.27. The summed E-state index contributed by atoms with van der Waals surface area (Å²) in [6, 6.07) is 10.4. The van der Waals surface area contributed by atoms with Crippen molar-refractivity contribution < 1.29 is 4.79 Å². The fraction of sp³-hybridized carbons (Fsp3) is 0.588. The van der Waals surface area contributed by atoms with E-state index in [1.807, 2.05) is 30.1 Å². The molecule has 1 N–H and O–H groups in total. The van der Waals surface area contributed by atoms with Gasteiger partial charge in [0.05, 0.1) is 12.6 Å². The molecule has 1 amide bonds. The molecule has 2 aliphatic rings. The first-order chi connectivity index (χ1) is 10.1. The van der Waals surface area contributed by atoms with Crippen LogP contribution in [0.4, 0.5) is 0 Å². The Morgan fingerprint density at radius 2 is 1.90 bits per heavy atom. The van der Waals surface area contributed by atoms with Crippen LogP contribution in [0.15, 0.2) is 30.3 Å². The normalized spacial score (nSPS) is 26.6.